The average molecular weight is 486 g/mol. The minimum atomic E-state index is -0.968. The highest BCUT2D eigenvalue weighted by atomic mass is 79.9. The largest absolute Gasteiger partial charge is 0.480 e. The van der Waals surface area contributed by atoms with Crippen molar-refractivity contribution in [3.05, 3.63) is 70.3 Å². The first kappa shape index (κ1) is 21.5. The normalized spacial score (nSPS) is 16.4. The summed E-state index contributed by atoms with van der Waals surface area (Å²) < 4.78 is 2.43. The molecule has 1 fully saturated rings. The summed E-state index contributed by atoms with van der Waals surface area (Å²) in [6, 6.07) is 15.0. The van der Waals surface area contributed by atoms with Crippen LogP contribution in [0, 0.1) is 0 Å². The standard InChI is InChI=1S/C23H24BrN3O4/c24-17-6-7-18-19(14-27(15-21(28)29)20(18)12-17)22(23(30)31)26-10-8-25(9-11-26)13-16-4-2-1-3-5-16/h1-7,12,14,22H,8-11,13,15H2,(H,28,29)(H,30,31)/t22-/m1/s1. The van der Waals surface area contributed by atoms with Gasteiger partial charge in [0.25, 0.3) is 0 Å². The van der Waals surface area contributed by atoms with E-state index in [1.807, 2.05) is 41.3 Å². The zero-order valence-corrected chi connectivity index (χ0v) is 18.5. The van der Waals surface area contributed by atoms with Crippen molar-refractivity contribution >= 4 is 38.8 Å². The van der Waals surface area contributed by atoms with Gasteiger partial charge in [-0.1, -0.05) is 52.3 Å². The second-order valence-corrected chi connectivity index (χ2v) is 8.72. The number of carbonyl (C=O) groups is 2. The van der Waals surface area contributed by atoms with E-state index in [9.17, 15) is 19.8 Å². The first-order valence-electron chi connectivity index (χ1n) is 10.2. The minimum Gasteiger partial charge on any atom is -0.480 e. The molecule has 8 heteroatoms. The second kappa shape index (κ2) is 9.21. The van der Waals surface area contributed by atoms with E-state index in [1.54, 1.807) is 10.8 Å². The summed E-state index contributed by atoms with van der Waals surface area (Å²) in [4.78, 5) is 28.0. The minimum absolute atomic E-state index is 0.218. The molecule has 0 unspecified atom stereocenters. The fourth-order valence-electron chi connectivity index (χ4n) is 4.30. The molecule has 1 aromatic heterocycles. The predicted molar refractivity (Wildman–Crippen MR) is 121 cm³/mol. The third kappa shape index (κ3) is 4.81. The van der Waals surface area contributed by atoms with Crippen molar-refractivity contribution in [2.75, 3.05) is 26.2 Å². The lowest BCUT2D eigenvalue weighted by Crippen LogP contribution is -2.48. The maximum Gasteiger partial charge on any atom is 0.325 e. The van der Waals surface area contributed by atoms with Crippen molar-refractivity contribution in [3.8, 4) is 0 Å². The zero-order valence-electron chi connectivity index (χ0n) is 16.9. The van der Waals surface area contributed by atoms with Crippen LogP contribution in [0.3, 0.4) is 0 Å². The van der Waals surface area contributed by atoms with E-state index in [1.165, 1.54) is 5.56 Å². The van der Waals surface area contributed by atoms with Gasteiger partial charge in [0, 0.05) is 54.3 Å². The fourth-order valence-corrected chi connectivity index (χ4v) is 4.64. The van der Waals surface area contributed by atoms with Gasteiger partial charge in [0.05, 0.1) is 5.52 Å². The molecule has 0 amide bonds. The molecule has 162 valence electrons. The Bertz CT molecular complexity index is 1090. The van der Waals surface area contributed by atoms with Crippen LogP contribution < -0.4 is 0 Å². The molecule has 2 aromatic carbocycles. The van der Waals surface area contributed by atoms with Gasteiger partial charge in [-0.3, -0.25) is 19.4 Å². The van der Waals surface area contributed by atoms with Crippen molar-refractivity contribution in [2.24, 2.45) is 0 Å². The molecular formula is C23H24BrN3O4. The highest BCUT2D eigenvalue weighted by Crippen LogP contribution is 2.33. The van der Waals surface area contributed by atoms with E-state index in [-0.39, 0.29) is 6.54 Å². The third-order valence-corrected chi connectivity index (χ3v) is 6.22. The Morgan fingerprint density at radius 3 is 2.35 bits per heavy atom. The third-order valence-electron chi connectivity index (χ3n) is 5.73. The molecule has 2 heterocycles. The van der Waals surface area contributed by atoms with Crippen molar-refractivity contribution in [2.45, 2.75) is 19.1 Å². The van der Waals surface area contributed by atoms with E-state index in [0.29, 0.717) is 24.2 Å². The molecule has 0 saturated carbocycles. The molecule has 7 nitrogen and oxygen atoms in total. The lowest BCUT2D eigenvalue weighted by molar-refractivity contribution is -0.144. The quantitative estimate of drug-likeness (QED) is 0.533. The van der Waals surface area contributed by atoms with Crippen LogP contribution in [0.25, 0.3) is 10.9 Å². The maximum atomic E-state index is 12.3. The molecule has 0 spiro atoms. The molecule has 1 aliphatic rings. The number of carboxylic acid groups (broad SMARTS) is 2. The first-order chi connectivity index (χ1) is 14.9. The Morgan fingerprint density at radius 1 is 1.00 bits per heavy atom. The van der Waals surface area contributed by atoms with Crippen LogP contribution >= 0.6 is 15.9 Å². The van der Waals surface area contributed by atoms with Gasteiger partial charge in [-0.15, -0.1) is 0 Å². The Morgan fingerprint density at radius 2 is 1.71 bits per heavy atom. The topological polar surface area (TPSA) is 86.0 Å². The van der Waals surface area contributed by atoms with Gasteiger partial charge in [-0.2, -0.15) is 0 Å². The lowest BCUT2D eigenvalue weighted by Gasteiger charge is -2.37. The van der Waals surface area contributed by atoms with Crippen LogP contribution in [0.15, 0.2) is 59.2 Å². The number of fused-ring (bicyclic) bond motifs is 1. The monoisotopic (exact) mass is 485 g/mol. The summed E-state index contributed by atoms with van der Waals surface area (Å²) in [5, 5.41) is 20.1. The molecule has 1 saturated heterocycles. The molecule has 1 aliphatic heterocycles. The maximum absolute atomic E-state index is 12.3. The summed E-state index contributed by atoms with van der Waals surface area (Å²) in [7, 11) is 0. The number of hydrogen-bond donors (Lipinski definition) is 2. The van der Waals surface area contributed by atoms with Gasteiger partial charge in [0.2, 0.25) is 0 Å². The van der Waals surface area contributed by atoms with E-state index in [4.69, 9.17) is 0 Å². The van der Waals surface area contributed by atoms with E-state index in [2.05, 4.69) is 33.0 Å². The van der Waals surface area contributed by atoms with Gasteiger partial charge in [0.1, 0.15) is 12.6 Å². The van der Waals surface area contributed by atoms with Crippen molar-refractivity contribution in [1.29, 1.82) is 0 Å². The van der Waals surface area contributed by atoms with Crippen LogP contribution in [-0.2, 0) is 22.7 Å². The van der Waals surface area contributed by atoms with Crippen molar-refractivity contribution in [1.82, 2.24) is 14.4 Å². The molecule has 4 rings (SSSR count). The molecule has 0 radical (unpaired) electrons. The number of nitrogens with zero attached hydrogens (tertiary/aromatic N) is 3. The van der Waals surface area contributed by atoms with Crippen LogP contribution in [0.1, 0.15) is 17.2 Å². The number of aliphatic carboxylic acids is 2. The number of hydrogen-bond acceptors (Lipinski definition) is 4. The second-order valence-electron chi connectivity index (χ2n) is 7.81. The van der Waals surface area contributed by atoms with Gasteiger partial charge in [-0.25, -0.2) is 0 Å². The Labute approximate surface area is 188 Å². The van der Waals surface area contributed by atoms with Gasteiger partial charge < -0.3 is 14.8 Å². The number of carboxylic acids is 2. The summed E-state index contributed by atoms with van der Waals surface area (Å²) >= 11 is 3.43. The Balaban J connectivity index is 1.58. The van der Waals surface area contributed by atoms with Crippen molar-refractivity contribution < 1.29 is 19.8 Å². The molecule has 1 atom stereocenters. The van der Waals surface area contributed by atoms with Crippen LogP contribution in [0.5, 0.6) is 0 Å². The highest BCUT2D eigenvalue weighted by molar-refractivity contribution is 9.10. The first-order valence-corrected chi connectivity index (χ1v) is 10.9. The van der Waals surface area contributed by atoms with Crippen LogP contribution in [0.2, 0.25) is 0 Å². The number of rotatable bonds is 7. The van der Waals surface area contributed by atoms with E-state index < -0.39 is 18.0 Å². The van der Waals surface area contributed by atoms with Crippen LogP contribution in [-0.4, -0.2) is 62.7 Å². The summed E-state index contributed by atoms with van der Waals surface area (Å²) in [5.41, 5.74) is 2.58. The van der Waals surface area contributed by atoms with Crippen molar-refractivity contribution in [3.63, 3.8) is 0 Å². The molecule has 0 aliphatic carbocycles. The SMILES string of the molecule is O=C(O)Cn1cc([C@H](C(=O)O)N2CCN(Cc3ccccc3)CC2)c2ccc(Br)cc21. The van der Waals surface area contributed by atoms with Gasteiger partial charge >= 0.3 is 11.9 Å². The number of piperazine rings is 1. The summed E-state index contributed by atoms with van der Waals surface area (Å²) in [5.74, 6) is -1.89. The highest BCUT2D eigenvalue weighted by Gasteiger charge is 2.33. The van der Waals surface area contributed by atoms with Gasteiger partial charge in [-0.05, 0) is 17.7 Å². The fraction of sp³-hybridized carbons (Fsp3) is 0.304. The molecular weight excluding hydrogens is 462 g/mol. The summed E-state index contributed by atoms with van der Waals surface area (Å²) in [6.45, 7) is 3.44. The average Bonchev–Trinajstić information content (AvgIpc) is 3.06. The molecule has 2 N–H and O–H groups in total. The zero-order chi connectivity index (χ0) is 22.0. The van der Waals surface area contributed by atoms with Gasteiger partial charge in [0.15, 0.2) is 0 Å². The lowest BCUT2D eigenvalue weighted by atomic mass is 10.0. The smallest absolute Gasteiger partial charge is 0.325 e. The van der Waals surface area contributed by atoms with E-state index in [0.717, 1.165) is 29.5 Å². The van der Waals surface area contributed by atoms with Crippen LogP contribution in [0.4, 0.5) is 0 Å². The predicted octanol–water partition coefficient (Wildman–Crippen LogP) is 3.43. The number of aromatic nitrogens is 1. The number of halogens is 1. The van der Waals surface area contributed by atoms with E-state index >= 15 is 0 Å². The summed E-state index contributed by atoms with van der Waals surface area (Å²) in [6.07, 6.45) is 1.68. The molecule has 3 aromatic rings. The Hall–Kier alpha value is -2.68. The molecule has 31 heavy (non-hydrogen) atoms. The Kier molecular flexibility index (Phi) is 6.41. The molecule has 0 bridgehead atoms. The number of benzene rings is 2.